The Kier molecular flexibility index (Phi) is 4.37. The molecule has 1 aliphatic heterocycles. The van der Waals surface area contributed by atoms with Crippen molar-refractivity contribution in [3.63, 3.8) is 0 Å². The molecule has 0 unspecified atom stereocenters. The first kappa shape index (κ1) is 13.1. The third kappa shape index (κ3) is 3.10. The van der Waals surface area contributed by atoms with Gasteiger partial charge in [0.15, 0.2) is 0 Å². The van der Waals surface area contributed by atoms with E-state index >= 15 is 0 Å². The highest BCUT2D eigenvalue weighted by Gasteiger charge is 2.21. The van der Waals surface area contributed by atoms with E-state index in [0.29, 0.717) is 5.92 Å². The zero-order valence-electron chi connectivity index (χ0n) is 11.2. The smallest absolute Gasteiger partial charge is 0.228 e. The van der Waals surface area contributed by atoms with Crippen LogP contribution in [0.5, 0.6) is 0 Å². The SMILES string of the molecule is CC(C)c1ccccc1NC(=O)[C@H]1CCCNC1. The van der Waals surface area contributed by atoms with Crippen molar-refractivity contribution < 1.29 is 4.79 Å². The van der Waals surface area contributed by atoms with Crippen LogP contribution >= 0.6 is 0 Å². The number of para-hydroxylation sites is 1. The number of amides is 1. The molecule has 1 heterocycles. The predicted octanol–water partition coefficient (Wildman–Crippen LogP) is 2.75. The van der Waals surface area contributed by atoms with Crippen molar-refractivity contribution in [2.75, 3.05) is 18.4 Å². The lowest BCUT2D eigenvalue weighted by Gasteiger charge is -2.23. The fraction of sp³-hybridized carbons (Fsp3) is 0.533. The first-order chi connectivity index (χ1) is 8.68. The molecule has 3 nitrogen and oxygen atoms in total. The van der Waals surface area contributed by atoms with Crippen LogP contribution in [0, 0.1) is 5.92 Å². The molecule has 0 spiro atoms. The molecule has 0 aliphatic carbocycles. The second-order valence-electron chi connectivity index (χ2n) is 5.27. The molecule has 2 rings (SSSR count). The number of carbonyl (C=O) groups is 1. The van der Waals surface area contributed by atoms with Gasteiger partial charge in [-0.3, -0.25) is 4.79 Å². The van der Waals surface area contributed by atoms with E-state index in [2.05, 4.69) is 30.5 Å². The minimum atomic E-state index is 0.110. The highest BCUT2D eigenvalue weighted by atomic mass is 16.1. The average Bonchev–Trinajstić information content (AvgIpc) is 2.40. The van der Waals surface area contributed by atoms with Gasteiger partial charge in [0.1, 0.15) is 0 Å². The highest BCUT2D eigenvalue weighted by Crippen LogP contribution is 2.24. The van der Waals surface area contributed by atoms with Gasteiger partial charge in [0.05, 0.1) is 5.92 Å². The molecule has 2 N–H and O–H groups in total. The maximum absolute atomic E-state index is 12.2. The van der Waals surface area contributed by atoms with Gasteiger partial charge in [-0.15, -0.1) is 0 Å². The summed E-state index contributed by atoms with van der Waals surface area (Å²) in [7, 11) is 0. The molecule has 0 radical (unpaired) electrons. The van der Waals surface area contributed by atoms with Gasteiger partial charge in [-0.25, -0.2) is 0 Å². The number of nitrogens with one attached hydrogen (secondary N) is 2. The fourth-order valence-electron chi connectivity index (χ4n) is 2.42. The lowest BCUT2D eigenvalue weighted by molar-refractivity contribution is -0.120. The Hall–Kier alpha value is -1.35. The van der Waals surface area contributed by atoms with Gasteiger partial charge in [-0.1, -0.05) is 32.0 Å². The van der Waals surface area contributed by atoms with Crippen LogP contribution < -0.4 is 10.6 Å². The number of hydrogen-bond donors (Lipinski definition) is 2. The molecule has 1 fully saturated rings. The topological polar surface area (TPSA) is 41.1 Å². The highest BCUT2D eigenvalue weighted by molar-refractivity contribution is 5.93. The minimum Gasteiger partial charge on any atom is -0.326 e. The zero-order valence-corrected chi connectivity index (χ0v) is 11.2. The fourth-order valence-corrected chi connectivity index (χ4v) is 2.42. The van der Waals surface area contributed by atoms with Gasteiger partial charge >= 0.3 is 0 Å². The molecule has 3 heteroatoms. The third-order valence-corrected chi connectivity index (χ3v) is 3.51. The van der Waals surface area contributed by atoms with Gasteiger partial charge in [-0.05, 0) is 36.9 Å². The van der Waals surface area contributed by atoms with Crippen molar-refractivity contribution in [3.8, 4) is 0 Å². The number of anilines is 1. The minimum absolute atomic E-state index is 0.110. The van der Waals surface area contributed by atoms with Crippen LogP contribution in [0.25, 0.3) is 0 Å². The van der Waals surface area contributed by atoms with E-state index in [9.17, 15) is 4.79 Å². The van der Waals surface area contributed by atoms with Crippen LogP contribution in [0.4, 0.5) is 5.69 Å². The Balaban J connectivity index is 2.06. The summed E-state index contributed by atoms with van der Waals surface area (Å²) in [6, 6.07) is 8.07. The summed E-state index contributed by atoms with van der Waals surface area (Å²) in [5.74, 6) is 0.681. The number of carbonyl (C=O) groups excluding carboxylic acids is 1. The largest absolute Gasteiger partial charge is 0.326 e. The number of hydrogen-bond acceptors (Lipinski definition) is 2. The van der Waals surface area contributed by atoms with Crippen LogP contribution in [0.15, 0.2) is 24.3 Å². The summed E-state index contributed by atoms with van der Waals surface area (Å²) in [6.45, 7) is 6.13. The van der Waals surface area contributed by atoms with E-state index in [4.69, 9.17) is 0 Å². The molecule has 1 amide bonds. The normalized spacial score (nSPS) is 19.8. The molecule has 1 aromatic rings. The third-order valence-electron chi connectivity index (χ3n) is 3.51. The quantitative estimate of drug-likeness (QED) is 0.861. The Bertz CT molecular complexity index is 409. The van der Waals surface area contributed by atoms with Crippen LogP contribution in [0.3, 0.4) is 0 Å². The molecule has 1 aromatic carbocycles. The van der Waals surface area contributed by atoms with Crippen molar-refractivity contribution in [3.05, 3.63) is 29.8 Å². The van der Waals surface area contributed by atoms with E-state index in [1.54, 1.807) is 0 Å². The summed E-state index contributed by atoms with van der Waals surface area (Å²) in [5, 5.41) is 6.36. The second kappa shape index (κ2) is 6.01. The van der Waals surface area contributed by atoms with Gasteiger partial charge in [0, 0.05) is 12.2 Å². The van der Waals surface area contributed by atoms with E-state index in [1.165, 1.54) is 5.56 Å². The Morgan fingerprint density at radius 1 is 1.39 bits per heavy atom. The Labute approximate surface area is 109 Å². The Morgan fingerprint density at radius 2 is 2.17 bits per heavy atom. The first-order valence-electron chi connectivity index (χ1n) is 6.79. The first-order valence-corrected chi connectivity index (χ1v) is 6.79. The van der Waals surface area contributed by atoms with Crippen molar-refractivity contribution in [2.45, 2.75) is 32.6 Å². The summed E-state index contributed by atoms with van der Waals surface area (Å²) < 4.78 is 0. The molecule has 18 heavy (non-hydrogen) atoms. The zero-order chi connectivity index (χ0) is 13.0. The summed E-state index contributed by atoms with van der Waals surface area (Å²) in [5.41, 5.74) is 2.16. The molecule has 0 aromatic heterocycles. The van der Waals surface area contributed by atoms with E-state index < -0.39 is 0 Å². The van der Waals surface area contributed by atoms with Crippen LogP contribution in [-0.2, 0) is 4.79 Å². The van der Waals surface area contributed by atoms with Gasteiger partial charge in [-0.2, -0.15) is 0 Å². The summed E-state index contributed by atoms with van der Waals surface area (Å²) >= 11 is 0. The molecule has 1 saturated heterocycles. The Morgan fingerprint density at radius 3 is 2.83 bits per heavy atom. The van der Waals surface area contributed by atoms with Crippen molar-refractivity contribution in [1.29, 1.82) is 0 Å². The molecule has 0 bridgehead atoms. The summed E-state index contributed by atoms with van der Waals surface area (Å²) in [4.78, 5) is 12.2. The van der Waals surface area contributed by atoms with Crippen molar-refractivity contribution in [1.82, 2.24) is 5.32 Å². The molecule has 0 saturated carbocycles. The molecule has 1 atom stereocenters. The second-order valence-corrected chi connectivity index (χ2v) is 5.27. The number of rotatable bonds is 3. The summed E-state index contributed by atoms with van der Waals surface area (Å²) in [6.07, 6.45) is 2.08. The average molecular weight is 246 g/mol. The van der Waals surface area contributed by atoms with Crippen LogP contribution in [0.1, 0.15) is 38.2 Å². The van der Waals surface area contributed by atoms with Crippen molar-refractivity contribution in [2.24, 2.45) is 5.92 Å². The molecule has 1 aliphatic rings. The van der Waals surface area contributed by atoms with Gasteiger partial charge < -0.3 is 10.6 Å². The standard InChI is InChI=1S/C15H22N2O/c1-11(2)13-7-3-4-8-14(13)17-15(18)12-6-5-9-16-10-12/h3-4,7-8,11-12,16H,5-6,9-10H2,1-2H3,(H,17,18)/t12-/m0/s1. The van der Waals surface area contributed by atoms with Crippen LogP contribution in [0.2, 0.25) is 0 Å². The maximum Gasteiger partial charge on any atom is 0.228 e. The van der Waals surface area contributed by atoms with Crippen LogP contribution in [-0.4, -0.2) is 19.0 Å². The number of benzene rings is 1. The van der Waals surface area contributed by atoms with Gasteiger partial charge in [0.25, 0.3) is 0 Å². The van der Waals surface area contributed by atoms with E-state index in [-0.39, 0.29) is 11.8 Å². The van der Waals surface area contributed by atoms with Gasteiger partial charge in [0.2, 0.25) is 5.91 Å². The molecular formula is C15H22N2O. The van der Waals surface area contributed by atoms with E-state index in [0.717, 1.165) is 31.6 Å². The predicted molar refractivity (Wildman–Crippen MR) is 74.8 cm³/mol. The monoisotopic (exact) mass is 246 g/mol. The molecule has 98 valence electrons. The lowest BCUT2D eigenvalue weighted by atomic mass is 9.97. The van der Waals surface area contributed by atoms with E-state index in [1.807, 2.05) is 18.2 Å². The maximum atomic E-state index is 12.2. The lowest BCUT2D eigenvalue weighted by Crippen LogP contribution is -2.37. The van der Waals surface area contributed by atoms with Crippen molar-refractivity contribution >= 4 is 11.6 Å². The number of piperidine rings is 1. The molecular weight excluding hydrogens is 224 g/mol.